The number of aromatic nitrogens is 5. The molecule has 6 rings (SSSR count). The molecule has 2 N–H and O–H groups in total. The minimum atomic E-state index is 0.416. The second-order valence-electron chi connectivity index (χ2n) is 8.59. The summed E-state index contributed by atoms with van der Waals surface area (Å²) in [5.74, 6) is 3.72. The molecule has 4 aromatic rings. The highest BCUT2D eigenvalue weighted by atomic mass is 16.5. The number of anilines is 2. The van der Waals surface area contributed by atoms with Gasteiger partial charge in [0.05, 0.1) is 12.5 Å². The summed E-state index contributed by atoms with van der Waals surface area (Å²) < 4.78 is 13.0. The number of ether oxygens (including phenoxy) is 1. The molecule has 170 valence electrons. The summed E-state index contributed by atoms with van der Waals surface area (Å²) in [7, 11) is 0. The molecule has 2 saturated heterocycles. The van der Waals surface area contributed by atoms with Gasteiger partial charge in [-0.1, -0.05) is 6.42 Å². The fourth-order valence-electron chi connectivity index (χ4n) is 4.92. The Labute approximate surface area is 191 Å². The number of piperazine rings is 1. The molecule has 4 aromatic heterocycles. The van der Waals surface area contributed by atoms with Crippen LogP contribution in [0.1, 0.15) is 19.3 Å². The second kappa shape index (κ2) is 8.36. The summed E-state index contributed by atoms with van der Waals surface area (Å²) in [5, 5.41) is 4.44. The van der Waals surface area contributed by atoms with Crippen LogP contribution in [0.25, 0.3) is 17.4 Å². The quantitative estimate of drug-likeness (QED) is 0.494. The molecule has 2 aliphatic rings. The molecule has 2 fully saturated rings. The van der Waals surface area contributed by atoms with Crippen LogP contribution in [-0.2, 0) is 0 Å². The van der Waals surface area contributed by atoms with Gasteiger partial charge in [0.2, 0.25) is 5.82 Å². The van der Waals surface area contributed by atoms with Gasteiger partial charge in [-0.15, -0.1) is 5.10 Å². The SMILES string of the molecule is Nc1cc(N2CCN3C(COc4cccnc4)CCCC3C2)nc2nc(-c3ccco3)nn12. The molecule has 0 spiro atoms. The number of nitrogen functional groups attached to an aromatic ring is 1. The van der Waals surface area contributed by atoms with Crippen LogP contribution >= 0.6 is 0 Å². The third-order valence-corrected chi connectivity index (χ3v) is 6.54. The molecule has 10 heteroatoms. The van der Waals surface area contributed by atoms with E-state index in [1.165, 1.54) is 12.8 Å². The van der Waals surface area contributed by atoms with Crippen molar-refractivity contribution in [3.63, 3.8) is 0 Å². The van der Waals surface area contributed by atoms with E-state index in [9.17, 15) is 0 Å². The van der Waals surface area contributed by atoms with E-state index in [2.05, 4.69) is 24.9 Å². The lowest BCUT2D eigenvalue weighted by atomic mass is 9.93. The first kappa shape index (κ1) is 20.0. The van der Waals surface area contributed by atoms with E-state index in [0.29, 0.717) is 41.9 Å². The molecule has 0 bridgehead atoms. The first-order valence-electron chi connectivity index (χ1n) is 11.4. The Bertz CT molecular complexity index is 1230. The molecule has 0 aromatic carbocycles. The lowest BCUT2D eigenvalue weighted by molar-refractivity contribution is 0.0432. The molecule has 10 nitrogen and oxygen atoms in total. The van der Waals surface area contributed by atoms with Gasteiger partial charge in [0.25, 0.3) is 5.78 Å². The van der Waals surface area contributed by atoms with Crippen molar-refractivity contribution < 1.29 is 9.15 Å². The first-order valence-corrected chi connectivity index (χ1v) is 11.4. The maximum Gasteiger partial charge on any atom is 0.256 e. The van der Waals surface area contributed by atoms with Crippen LogP contribution in [0.2, 0.25) is 0 Å². The van der Waals surface area contributed by atoms with Crippen molar-refractivity contribution in [1.29, 1.82) is 0 Å². The lowest BCUT2D eigenvalue weighted by Gasteiger charge is -2.48. The van der Waals surface area contributed by atoms with Gasteiger partial charge in [-0.3, -0.25) is 9.88 Å². The molecule has 2 atom stereocenters. The zero-order valence-corrected chi connectivity index (χ0v) is 18.2. The van der Waals surface area contributed by atoms with Crippen molar-refractivity contribution in [3.05, 3.63) is 49.0 Å². The van der Waals surface area contributed by atoms with Crippen LogP contribution in [0.4, 0.5) is 11.6 Å². The van der Waals surface area contributed by atoms with Crippen LogP contribution in [0.5, 0.6) is 5.75 Å². The largest absolute Gasteiger partial charge is 0.490 e. The number of piperidine rings is 1. The average Bonchev–Trinajstić information content (AvgIpc) is 3.53. The monoisotopic (exact) mass is 446 g/mol. The van der Waals surface area contributed by atoms with Crippen LogP contribution in [-0.4, -0.2) is 67.8 Å². The summed E-state index contributed by atoms with van der Waals surface area (Å²) in [6.45, 7) is 3.43. The molecular weight excluding hydrogens is 420 g/mol. The molecule has 0 amide bonds. The molecule has 2 unspecified atom stereocenters. The highest BCUT2D eigenvalue weighted by Gasteiger charge is 2.36. The number of furan rings is 1. The number of nitrogens with two attached hydrogens (primary N) is 1. The number of fused-ring (bicyclic) bond motifs is 2. The molecule has 2 aliphatic heterocycles. The van der Waals surface area contributed by atoms with E-state index in [-0.39, 0.29) is 0 Å². The van der Waals surface area contributed by atoms with Crippen LogP contribution in [0, 0.1) is 0 Å². The average molecular weight is 447 g/mol. The highest BCUT2D eigenvalue weighted by molar-refractivity contribution is 5.57. The Kier molecular flexibility index (Phi) is 5.06. The fraction of sp³-hybridized carbons (Fsp3) is 0.391. The molecule has 6 heterocycles. The molecule has 0 radical (unpaired) electrons. The Morgan fingerprint density at radius 2 is 2.12 bits per heavy atom. The Morgan fingerprint density at radius 3 is 2.97 bits per heavy atom. The minimum absolute atomic E-state index is 0.416. The number of hydrogen-bond acceptors (Lipinski definition) is 9. The summed E-state index contributed by atoms with van der Waals surface area (Å²) in [6, 6.07) is 10.3. The summed E-state index contributed by atoms with van der Waals surface area (Å²) in [4.78, 5) is 18.3. The number of rotatable bonds is 5. The third-order valence-electron chi connectivity index (χ3n) is 6.54. The van der Waals surface area contributed by atoms with E-state index in [1.807, 2.05) is 30.3 Å². The van der Waals surface area contributed by atoms with Gasteiger partial charge in [-0.25, -0.2) is 0 Å². The van der Waals surface area contributed by atoms with E-state index in [4.69, 9.17) is 19.9 Å². The van der Waals surface area contributed by atoms with Gasteiger partial charge in [0.15, 0.2) is 5.76 Å². The Morgan fingerprint density at radius 1 is 1.15 bits per heavy atom. The standard InChI is InChI=1S/C23H26N8O2/c24-20-12-21(26-23-27-22(28-31(20)23)19-7-3-11-32-19)29-9-10-30-16(14-29)4-1-5-17(30)15-33-18-6-2-8-25-13-18/h2-3,6-8,11-13,16-17H,1,4-5,9-10,14-15,24H2. The predicted molar refractivity (Wildman–Crippen MR) is 123 cm³/mol. The molecule has 0 saturated carbocycles. The summed E-state index contributed by atoms with van der Waals surface area (Å²) in [6.07, 6.45) is 8.65. The van der Waals surface area contributed by atoms with Crippen molar-refractivity contribution in [2.75, 3.05) is 36.9 Å². The van der Waals surface area contributed by atoms with E-state index in [0.717, 1.165) is 37.6 Å². The van der Waals surface area contributed by atoms with Crippen molar-refractivity contribution in [2.45, 2.75) is 31.3 Å². The number of nitrogens with zero attached hydrogens (tertiary/aromatic N) is 7. The smallest absolute Gasteiger partial charge is 0.256 e. The third kappa shape index (κ3) is 3.86. The normalized spacial score (nSPS) is 21.3. The minimum Gasteiger partial charge on any atom is -0.490 e. The first-order chi connectivity index (χ1) is 16.2. The summed E-state index contributed by atoms with van der Waals surface area (Å²) in [5.41, 5.74) is 6.31. The Hall–Kier alpha value is -3.66. The van der Waals surface area contributed by atoms with Crippen LogP contribution < -0.4 is 15.4 Å². The predicted octanol–water partition coefficient (Wildman–Crippen LogP) is 2.48. The zero-order valence-electron chi connectivity index (χ0n) is 18.2. The van der Waals surface area contributed by atoms with Crippen molar-refractivity contribution in [3.8, 4) is 17.3 Å². The maximum absolute atomic E-state index is 6.31. The van der Waals surface area contributed by atoms with Gasteiger partial charge in [-0.2, -0.15) is 14.5 Å². The topological polar surface area (TPSA) is 111 Å². The van der Waals surface area contributed by atoms with Crippen molar-refractivity contribution in [2.24, 2.45) is 0 Å². The second-order valence-corrected chi connectivity index (χ2v) is 8.59. The molecular formula is C23H26N8O2. The molecule has 33 heavy (non-hydrogen) atoms. The number of hydrogen-bond donors (Lipinski definition) is 1. The van der Waals surface area contributed by atoms with Crippen molar-refractivity contribution >= 4 is 17.4 Å². The van der Waals surface area contributed by atoms with E-state index < -0.39 is 0 Å². The summed E-state index contributed by atoms with van der Waals surface area (Å²) >= 11 is 0. The maximum atomic E-state index is 6.31. The lowest BCUT2D eigenvalue weighted by Crippen LogP contribution is -2.59. The zero-order chi connectivity index (χ0) is 22.2. The van der Waals surface area contributed by atoms with Gasteiger partial charge in [0, 0.05) is 44.0 Å². The Balaban J connectivity index is 1.18. The van der Waals surface area contributed by atoms with Gasteiger partial charge in [-0.05, 0) is 37.1 Å². The van der Waals surface area contributed by atoms with E-state index >= 15 is 0 Å². The highest BCUT2D eigenvalue weighted by Crippen LogP contribution is 2.29. The van der Waals surface area contributed by atoms with Crippen LogP contribution in [0.15, 0.2) is 53.4 Å². The van der Waals surface area contributed by atoms with Crippen LogP contribution in [0.3, 0.4) is 0 Å². The van der Waals surface area contributed by atoms with E-state index in [1.54, 1.807) is 23.2 Å². The number of pyridine rings is 1. The molecule has 0 aliphatic carbocycles. The van der Waals surface area contributed by atoms with Crippen molar-refractivity contribution in [1.82, 2.24) is 29.5 Å². The fourth-order valence-corrected chi connectivity index (χ4v) is 4.92. The van der Waals surface area contributed by atoms with Gasteiger partial charge < -0.3 is 19.8 Å². The van der Waals surface area contributed by atoms with Gasteiger partial charge in [0.1, 0.15) is 24.0 Å². The van der Waals surface area contributed by atoms with Gasteiger partial charge >= 0.3 is 0 Å².